The van der Waals surface area contributed by atoms with Gasteiger partial charge in [-0.3, -0.25) is 4.72 Å². The molecule has 0 bridgehead atoms. The van der Waals surface area contributed by atoms with Crippen molar-refractivity contribution < 1.29 is 13.2 Å². The average Bonchev–Trinajstić information content (AvgIpc) is 2.67. The van der Waals surface area contributed by atoms with Gasteiger partial charge in [0.15, 0.2) is 0 Å². The topological polar surface area (TPSA) is 55.4 Å². The molecular weight excluding hydrogens is 370 g/mol. The van der Waals surface area contributed by atoms with E-state index in [-0.39, 0.29) is 10.3 Å². The Morgan fingerprint density at radius 1 is 0.821 bits per heavy atom. The minimum atomic E-state index is -3.63. The van der Waals surface area contributed by atoms with Crippen molar-refractivity contribution in [3.05, 3.63) is 90.0 Å². The molecule has 0 amide bonds. The van der Waals surface area contributed by atoms with Gasteiger partial charge in [0.05, 0.1) is 4.90 Å². The molecule has 0 aromatic heterocycles. The standard InChI is InChI=1S/C23H25NO3S/c1-23(2,3)19-9-15-22(16-10-19)28(25,26)24-20-11-13-21(14-12-20)27-17-18-7-5-4-6-8-18/h4-16,24H,17H2,1-3H3. The highest BCUT2D eigenvalue weighted by Crippen LogP contribution is 2.25. The number of benzene rings is 3. The number of hydrogen-bond donors (Lipinski definition) is 1. The van der Waals surface area contributed by atoms with Gasteiger partial charge in [-0.2, -0.15) is 0 Å². The third-order valence-electron chi connectivity index (χ3n) is 4.39. The number of ether oxygens (including phenoxy) is 1. The minimum absolute atomic E-state index is 0.0225. The predicted molar refractivity (Wildman–Crippen MR) is 113 cm³/mol. The second kappa shape index (κ2) is 8.07. The van der Waals surface area contributed by atoms with E-state index in [2.05, 4.69) is 25.5 Å². The lowest BCUT2D eigenvalue weighted by Gasteiger charge is -2.19. The fraction of sp³-hybridized carbons (Fsp3) is 0.217. The number of anilines is 1. The molecule has 0 spiro atoms. The van der Waals surface area contributed by atoms with Gasteiger partial charge in [0.25, 0.3) is 10.0 Å². The van der Waals surface area contributed by atoms with E-state index in [1.165, 1.54) is 0 Å². The highest BCUT2D eigenvalue weighted by molar-refractivity contribution is 7.92. The molecule has 0 radical (unpaired) electrons. The van der Waals surface area contributed by atoms with Gasteiger partial charge < -0.3 is 4.74 Å². The summed E-state index contributed by atoms with van der Waals surface area (Å²) in [7, 11) is -3.63. The van der Waals surface area contributed by atoms with Crippen LogP contribution in [0, 0.1) is 0 Å². The second-order valence-electron chi connectivity index (χ2n) is 7.68. The highest BCUT2D eigenvalue weighted by Gasteiger charge is 2.17. The van der Waals surface area contributed by atoms with Crippen molar-refractivity contribution in [1.29, 1.82) is 0 Å². The monoisotopic (exact) mass is 395 g/mol. The fourth-order valence-electron chi connectivity index (χ4n) is 2.71. The summed E-state index contributed by atoms with van der Waals surface area (Å²) in [6.45, 7) is 6.74. The van der Waals surface area contributed by atoms with Crippen LogP contribution in [0.3, 0.4) is 0 Å². The van der Waals surface area contributed by atoms with E-state index in [9.17, 15) is 8.42 Å². The third-order valence-corrected chi connectivity index (χ3v) is 5.78. The van der Waals surface area contributed by atoms with Crippen molar-refractivity contribution in [1.82, 2.24) is 0 Å². The van der Waals surface area contributed by atoms with Crippen molar-refractivity contribution in [2.24, 2.45) is 0 Å². The van der Waals surface area contributed by atoms with Crippen LogP contribution in [0.1, 0.15) is 31.9 Å². The van der Waals surface area contributed by atoms with E-state index in [0.29, 0.717) is 18.0 Å². The zero-order valence-electron chi connectivity index (χ0n) is 16.3. The normalized spacial score (nSPS) is 11.8. The Hall–Kier alpha value is -2.79. The van der Waals surface area contributed by atoms with Crippen molar-refractivity contribution in [3.8, 4) is 5.75 Å². The molecule has 3 aromatic carbocycles. The van der Waals surface area contributed by atoms with Crippen molar-refractivity contribution >= 4 is 15.7 Å². The maximum Gasteiger partial charge on any atom is 0.261 e. The summed E-state index contributed by atoms with van der Waals surface area (Å²) in [5, 5.41) is 0. The molecular formula is C23H25NO3S. The predicted octanol–water partition coefficient (Wildman–Crippen LogP) is 5.36. The van der Waals surface area contributed by atoms with Gasteiger partial charge in [0.2, 0.25) is 0 Å². The molecule has 146 valence electrons. The summed E-state index contributed by atoms with van der Waals surface area (Å²) < 4.78 is 33.6. The Labute approximate surface area is 167 Å². The van der Waals surface area contributed by atoms with Gasteiger partial charge in [0.1, 0.15) is 12.4 Å². The zero-order chi connectivity index (χ0) is 20.2. The average molecular weight is 396 g/mol. The molecule has 1 N–H and O–H groups in total. The van der Waals surface area contributed by atoms with Gasteiger partial charge in [0, 0.05) is 5.69 Å². The molecule has 0 saturated carbocycles. The highest BCUT2D eigenvalue weighted by atomic mass is 32.2. The van der Waals surface area contributed by atoms with E-state index in [1.807, 2.05) is 42.5 Å². The van der Waals surface area contributed by atoms with Gasteiger partial charge in [-0.05, 0) is 52.9 Å². The first-order chi connectivity index (χ1) is 13.2. The quantitative estimate of drug-likeness (QED) is 0.611. The van der Waals surface area contributed by atoms with Crippen LogP contribution in [0.4, 0.5) is 5.69 Å². The number of rotatable bonds is 6. The molecule has 0 aliphatic heterocycles. The van der Waals surface area contributed by atoms with E-state index in [0.717, 1.165) is 11.1 Å². The van der Waals surface area contributed by atoms with Crippen LogP contribution in [0.25, 0.3) is 0 Å². The van der Waals surface area contributed by atoms with Gasteiger partial charge in [-0.15, -0.1) is 0 Å². The maximum absolute atomic E-state index is 12.6. The van der Waals surface area contributed by atoms with E-state index in [1.54, 1.807) is 36.4 Å². The van der Waals surface area contributed by atoms with Crippen LogP contribution < -0.4 is 9.46 Å². The fourth-order valence-corrected chi connectivity index (χ4v) is 3.77. The van der Waals surface area contributed by atoms with Crippen LogP contribution in [-0.4, -0.2) is 8.42 Å². The van der Waals surface area contributed by atoms with Crippen LogP contribution in [0.2, 0.25) is 0 Å². The summed E-state index contributed by atoms with van der Waals surface area (Å²) >= 11 is 0. The SMILES string of the molecule is CC(C)(C)c1ccc(S(=O)(=O)Nc2ccc(OCc3ccccc3)cc2)cc1. The summed E-state index contributed by atoms with van der Waals surface area (Å²) in [6.07, 6.45) is 0. The minimum Gasteiger partial charge on any atom is -0.489 e. The van der Waals surface area contributed by atoms with Gasteiger partial charge in [-0.1, -0.05) is 63.2 Å². The molecule has 0 aliphatic rings. The van der Waals surface area contributed by atoms with Crippen LogP contribution in [-0.2, 0) is 22.0 Å². The molecule has 0 aliphatic carbocycles. The first-order valence-electron chi connectivity index (χ1n) is 9.14. The molecule has 0 fully saturated rings. The molecule has 3 rings (SSSR count). The van der Waals surface area contributed by atoms with E-state index < -0.39 is 10.0 Å². The summed E-state index contributed by atoms with van der Waals surface area (Å²) in [6, 6.07) is 23.8. The smallest absolute Gasteiger partial charge is 0.261 e. The number of sulfonamides is 1. The first kappa shape index (κ1) is 20.0. The lowest BCUT2D eigenvalue weighted by molar-refractivity contribution is 0.306. The van der Waals surface area contributed by atoms with Crippen LogP contribution in [0.5, 0.6) is 5.75 Å². The zero-order valence-corrected chi connectivity index (χ0v) is 17.2. The molecule has 0 unspecified atom stereocenters. The lowest BCUT2D eigenvalue weighted by atomic mass is 9.87. The Morgan fingerprint density at radius 3 is 2.00 bits per heavy atom. The Kier molecular flexibility index (Phi) is 5.75. The maximum atomic E-state index is 12.6. The van der Waals surface area contributed by atoms with Gasteiger partial charge >= 0.3 is 0 Å². The molecule has 0 atom stereocenters. The lowest BCUT2D eigenvalue weighted by Crippen LogP contribution is -2.14. The first-order valence-corrected chi connectivity index (χ1v) is 10.6. The molecule has 0 saturated heterocycles. The summed E-state index contributed by atoms with van der Waals surface area (Å²) in [5.74, 6) is 0.682. The van der Waals surface area contributed by atoms with Crippen LogP contribution in [0.15, 0.2) is 83.8 Å². The number of hydrogen-bond acceptors (Lipinski definition) is 3. The Balaban J connectivity index is 1.65. The Morgan fingerprint density at radius 2 is 1.43 bits per heavy atom. The van der Waals surface area contributed by atoms with E-state index in [4.69, 9.17) is 4.74 Å². The van der Waals surface area contributed by atoms with Crippen molar-refractivity contribution in [3.63, 3.8) is 0 Å². The summed E-state index contributed by atoms with van der Waals surface area (Å²) in [4.78, 5) is 0.241. The van der Waals surface area contributed by atoms with Gasteiger partial charge in [-0.25, -0.2) is 8.42 Å². The Bertz CT molecular complexity index is 1000. The molecule has 3 aromatic rings. The number of nitrogens with one attached hydrogen (secondary N) is 1. The van der Waals surface area contributed by atoms with Crippen molar-refractivity contribution in [2.75, 3.05) is 4.72 Å². The largest absolute Gasteiger partial charge is 0.489 e. The van der Waals surface area contributed by atoms with E-state index >= 15 is 0 Å². The third kappa shape index (κ3) is 5.14. The molecule has 28 heavy (non-hydrogen) atoms. The van der Waals surface area contributed by atoms with Crippen LogP contribution >= 0.6 is 0 Å². The molecule has 4 nitrogen and oxygen atoms in total. The van der Waals surface area contributed by atoms with Crippen molar-refractivity contribution in [2.45, 2.75) is 37.7 Å². The summed E-state index contributed by atoms with van der Waals surface area (Å²) in [5.41, 5.74) is 2.63. The molecule has 5 heteroatoms. The second-order valence-corrected chi connectivity index (χ2v) is 9.36. The molecule has 0 heterocycles.